The number of carbonyl (C=O) groups is 1. The molecule has 4 nitrogen and oxygen atoms in total. The summed E-state index contributed by atoms with van der Waals surface area (Å²) in [5, 5.41) is 3.68. The van der Waals surface area contributed by atoms with Crippen molar-refractivity contribution in [1.82, 2.24) is 5.32 Å². The summed E-state index contributed by atoms with van der Waals surface area (Å²) < 4.78 is 13.1. The van der Waals surface area contributed by atoms with Crippen LogP contribution in [-0.2, 0) is 12.0 Å². The zero-order valence-corrected chi connectivity index (χ0v) is 17.3. The highest BCUT2D eigenvalue weighted by atomic mass is 32.2. The molecule has 2 aromatic carbocycles. The van der Waals surface area contributed by atoms with Gasteiger partial charge >= 0.3 is 0 Å². The van der Waals surface area contributed by atoms with Gasteiger partial charge < -0.3 is 11.1 Å². The van der Waals surface area contributed by atoms with Crippen LogP contribution in [0.4, 0.5) is 4.39 Å². The van der Waals surface area contributed by atoms with Gasteiger partial charge in [-0.05, 0) is 69.0 Å². The van der Waals surface area contributed by atoms with Crippen LogP contribution in [0.1, 0.15) is 48.7 Å². The molecule has 1 atom stereocenters. The Bertz CT molecular complexity index is 878. The molecule has 0 aliphatic carbocycles. The van der Waals surface area contributed by atoms with Crippen LogP contribution in [0.3, 0.4) is 0 Å². The molecule has 0 spiro atoms. The van der Waals surface area contributed by atoms with Crippen molar-refractivity contribution in [3.8, 4) is 0 Å². The van der Waals surface area contributed by atoms with E-state index < -0.39 is 5.54 Å². The molecule has 6 heteroatoms. The number of nitrogens with two attached hydrogens (primary N) is 1. The van der Waals surface area contributed by atoms with Crippen molar-refractivity contribution in [1.29, 1.82) is 0 Å². The lowest BCUT2D eigenvalue weighted by Crippen LogP contribution is -2.45. The maximum absolute atomic E-state index is 13.1. The van der Waals surface area contributed by atoms with E-state index in [4.69, 9.17) is 5.73 Å². The molecule has 0 fully saturated rings. The fourth-order valence-corrected chi connectivity index (χ4v) is 4.39. The molecule has 148 valence electrons. The van der Waals surface area contributed by atoms with E-state index in [2.05, 4.69) is 17.2 Å². The molecule has 1 unspecified atom stereocenters. The summed E-state index contributed by atoms with van der Waals surface area (Å²) in [6, 6.07) is 13.9. The Morgan fingerprint density at radius 3 is 2.46 bits per heavy atom. The second-order valence-electron chi connectivity index (χ2n) is 8.04. The fraction of sp³-hybridized carbons (Fsp3) is 0.364. The zero-order valence-electron chi connectivity index (χ0n) is 16.5. The number of amides is 1. The van der Waals surface area contributed by atoms with E-state index in [0.717, 1.165) is 23.3 Å². The van der Waals surface area contributed by atoms with E-state index in [1.807, 2.05) is 38.1 Å². The van der Waals surface area contributed by atoms with E-state index in [-0.39, 0.29) is 17.3 Å². The van der Waals surface area contributed by atoms with E-state index in [1.165, 1.54) is 12.1 Å². The first-order valence-electron chi connectivity index (χ1n) is 9.33. The Balaban J connectivity index is 1.69. The minimum absolute atomic E-state index is 0.133. The standard InChI is InChI=1S/C22H26FN3OS/c1-21(2,14-15-4-10-18(23)11-5-15)25-19(27)16-6-8-17(9-7-16)22(3)12-13-28-20(24)26-22/h4-11H,12-14H2,1-3H3,(H2,24,26)(H,25,27). The lowest BCUT2D eigenvalue weighted by atomic mass is 9.89. The van der Waals surface area contributed by atoms with E-state index in [0.29, 0.717) is 17.2 Å². The lowest BCUT2D eigenvalue weighted by molar-refractivity contribution is 0.0913. The molecule has 1 heterocycles. The number of halogens is 1. The van der Waals surface area contributed by atoms with Crippen molar-refractivity contribution >= 4 is 22.8 Å². The number of thioether (sulfide) groups is 1. The van der Waals surface area contributed by atoms with Gasteiger partial charge in [0.05, 0.1) is 5.54 Å². The maximum Gasteiger partial charge on any atom is 0.251 e. The molecule has 1 aliphatic heterocycles. The van der Waals surface area contributed by atoms with Crippen LogP contribution in [0, 0.1) is 5.82 Å². The number of hydrogen-bond acceptors (Lipinski definition) is 4. The van der Waals surface area contributed by atoms with Crippen molar-refractivity contribution < 1.29 is 9.18 Å². The second kappa shape index (κ2) is 7.95. The SMILES string of the molecule is CC(C)(Cc1ccc(F)cc1)NC(=O)c1ccc(C2(C)CCSC(N)=N2)cc1. The van der Waals surface area contributed by atoms with Crippen LogP contribution in [-0.4, -0.2) is 22.4 Å². The van der Waals surface area contributed by atoms with Crippen molar-refractivity contribution in [2.24, 2.45) is 10.7 Å². The Labute approximate surface area is 169 Å². The molecule has 0 radical (unpaired) electrons. The molecular weight excluding hydrogens is 373 g/mol. The predicted octanol–water partition coefficient (Wildman–Crippen LogP) is 4.24. The third kappa shape index (κ3) is 4.93. The first-order valence-corrected chi connectivity index (χ1v) is 10.3. The summed E-state index contributed by atoms with van der Waals surface area (Å²) in [5.74, 6) is 0.541. The molecule has 0 aromatic heterocycles. The molecular formula is C22H26FN3OS. The number of nitrogens with zero attached hydrogens (tertiary/aromatic N) is 1. The number of benzene rings is 2. The van der Waals surface area contributed by atoms with Gasteiger partial charge in [0.2, 0.25) is 0 Å². The molecule has 3 N–H and O–H groups in total. The Kier molecular flexibility index (Phi) is 5.79. The normalized spacial score (nSPS) is 19.8. The number of hydrogen-bond donors (Lipinski definition) is 2. The van der Waals surface area contributed by atoms with Gasteiger partial charge in [-0.3, -0.25) is 9.79 Å². The Morgan fingerprint density at radius 2 is 1.86 bits per heavy atom. The quantitative estimate of drug-likeness (QED) is 0.790. The van der Waals surface area contributed by atoms with Crippen molar-refractivity contribution in [2.45, 2.75) is 44.7 Å². The van der Waals surface area contributed by atoms with E-state index >= 15 is 0 Å². The molecule has 28 heavy (non-hydrogen) atoms. The maximum atomic E-state index is 13.1. The van der Waals surface area contributed by atoms with Crippen LogP contribution in [0.15, 0.2) is 53.5 Å². The van der Waals surface area contributed by atoms with Crippen LogP contribution in [0.2, 0.25) is 0 Å². The topological polar surface area (TPSA) is 67.5 Å². The largest absolute Gasteiger partial charge is 0.379 e. The minimum Gasteiger partial charge on any atom is -0.379 e. The number of aliphatic imine (C=N–C) groups is 1. The van der Waals surface area contributed by atoms with Gasteiger partial charge in [0, 0.05) is 16.9 Å². The summed E-state index contributed by atoms with van der Waals surface area (Å²) in [7, 11) is 0. The van der Waals surface area contributed by atoms with Crippen molar-refractivity contribution in [2.75, 3.05) is 5.75 Å². The monoisotopic (exact) mass is 399 g/mol. The first kappa shape index (κ1) is 20.4. The van der Waals surface area contributed by atoms with E-state index in [9.17, 15) is 9.18 Å². The molecule has 1 amide bonds. The number of carbonyl (C=O) groups excluding carboxylic acids is 1. The average Bonchev–Trinajstić information content (AvgIpc) is 2.63. The Hall–Kier alpha value is -2.34. The highest BCUT2D eigenvalue weighted by Crippen LogP contribution is 2.35. The average molecular weight is 400 g/mol. The molecule has 3 rings (SSSR count). The molecule has 1 aliphatic rings. The van der Waals surface area contributed by atoms with Gasteiger partial charge in [-0.2, -0.15) is 0 Å². The number of nitrogens with one attached hydrogen (secondary N) is 1. The molecule has 0 saturated carbocycles. The molecule has 0 saturated heterocycles. The summed E-state index contributed by atoms with van der Waals surface area (Å²) >= 11 is 1.57. The number of rotatable bonds is 5. The van der Waals surface area contributed by atoms with Gasteiger partial charge in [0.15, 0.2) is 5.17 Å². The summed E-state index contributed by atoms with van der Waals surface area (Å²) in [6.07, 6.45) is 1.52. The highest BCUT2D eigenvalue weighted by Gasteiger charge is 2.29. The van der Waals surface area contributed by atoms with Gasteiger partial charge in [-0.15, -0.1) is 0 Å². The second-order valence-corrected chi connectivity index (χ2v) is 9.16. The molecule has 2 aromatic rings. The van der Waals surface area contributed by atoms with Crippen LogP contribution in [0.25, 0.3) is 0 Å². The van der Waals surface area contributed by atoms with Crippen molar-refractivity contribution in [3.63, 3.8) is 0 Å². The van der Waals surface area contributed by atoms with Crippen LogP contribution in [0.5, 0.6) is 0 Å². The number of amidine groups is 1. The Morgan fingerprint density at radius 1 is 1.21 bits per heavy atom. The zero-order chi connectivity index (χ0) is 20.4. The summed E-state index contributed by atoms with van der Waals surface area (Å²) in [5.41, 5.74) is 7.72. The third-order valence-corrected chi connectivity index (χ3v) is 5.77. The minimum atomic E-state index is -0.459. The third-order valence-electron chi connectivity index (χ3n) is 4.98. The van der Waals surface area contributed by atoms with Gasteiger partial charge in [-0.25, -0.2) is 4.39 Å². The fourth-order valence-electron chi connectivity index (χ4n) is 3.41. The van der Waals surface area contributed by atoms with Gasteiger partial charge in [-0.1, -0.05) is 36.0 Å². The van der Waals surface area contributed by atoms with Gasteiger partial charge in [0.1, 0.15) is 5.82 Å². The highest BCUT2D eigenvalue weighted by molar-refractivity contribution is 8.13. The first-order chi connectivity index (χ1) is 13.2. The van der Waals surface area contributed by atoms with Crippen LogP contribution >= 0.6 is 11.8 Å². The predicted molar refractivity (Wildman–Crippen MR) is 114 cm³/mol. The summed E-state index contributed by atoms with van der Waals surface area (Å²) in [4.78, 5) is 17.3. The summed E-state index contributed by atoms with van der Waals surface area (Å²) in [6.45, 7) is 5.99. The van der Waals surface area contributed by atoms with Gasteiger partial charge in [0.25, 0.3) is 5.91 Å². The van der Waals surface area contributed by atoms with Crippen LogP contribution < -0.4 is 11.1 Å². The smallest absolute Gasteiger partial charge is 0.251 e. The van der Waals surface area contributed by atoms with Crippen molar-refractivity contribution in [3.05, 3.63) is 71.0 Å². The molecule has 0 bridgehead atoms. The van der Waals surface area contributed by atoms with E-state index in [1.54, 1.807) is 23.9 Å². The lowest BCUT2D eigenvalue weighted by Gasteiger charge is -2.30.